The maximum atomic E-state index is 13.0. The third-order valence-electron chi connectivity index (χ3n) is 5.18. The number of aliphatic hydroxyl groups is 1. The maximum Gasteiger partial charge on any atom is 0.295 e. The van der Waals surface area contributed by atoms with E-state index in [4.69, 9.17) is 16.3 Å². The van der Waals surface area contributed by atoms with Gasteiger partial charge in [0.25, 0.3) is 11.7 Å². The van der Waals surface area contributed by atoms with Gasteiger partial charge in [0.2, 0.25) is 0 Å². The van der Waals surface area contributed by atoms with Crippen molar-refractivity contribution in [3.8, 4) is 5.75 Å². The Bertz CT molecular complexity index is 999. The van der Waals surface area contributed by atoms with Gasteiger partial charge in [-0.15, -0.1) is 0 Å². The Hall–Kier alpha value is -2.83. The molecule has 158 valence electrons. The Morgan fingerprint density at radius 1 is 1.17 bits per heavy atom. The van der Waals surface area contributed by atoms with Crippen molar-refractivity contribution in [3.05, 3.63) is 69.8 Å². The van der Waals surface area contributed by atoms with Gasteiger partial charge >= 0.3 is 0 Å². The van der Waals surface area contributed by atoms with Gasteiger partial charge < -0.3 is 19.6 Å². The number of aryl methyl sites for hydroxylation is 1. The normalized spacial score (nSPS) is 18.3. The van der Waals surface area contributed by atoms with Crippen LogP contribution >= 0.6 is 11.6 Å². The van der Waals surface area contributed by atoms with Crippen molar-refractivity contribution in [2.75, 3.05) is 34.3 Å². The molecule has 7 heteroatoms. The van der Waals surface area contributed by atoms with Crippen LogP contribution in [0.4, 0.5) is 0 Å². The molecule has 30 heavy (non-hydrogen) atoms. The number of carbonyl (C=O) groups is 2. The van der Waals surface area contributed by atoms with E-state index in [0.29, 0.717) is 35.0 Å². The van der Waals surface area contributed by atoms with Crippen LogP contribution in [-0.2, 0) is 9.59 Å². The summed E-state index contributed by atoms with van der Waals surface area (Å²) in [6, 6.07) is 11.4. The molecule has 3 rings (SSSR count). The number of ether oxygens (including phenoxy) is 1. The van der Waals surface area contributed by atoms with Crippen LogP contribution in [0.25, 0.3) is 5.76 Å². The molecule has 6 nitrogen and oxygen atoms in total. The first-order valence-electron chi connectivity index (χ1n) is 9.58. The van der Waals surface area contributed by atoms with Crippen LogP contribution in [0, 0.1) is 6.92 Å². The number of amides is 1. The SMILES string of the molecule is COc1ccc(C(O)=C2C(=O)C(=O)N(CCN(C)C)[C@@H]2c2ccc(Cl)cc2)cc1C. The van der Waals surface area contributed by atoms with Gasteiger partial charge in [-0.25, -0.2) is 0 Å². The summed E-state index contributed by atoms with van der Waals surface area (Å²) >= 11 is 6.03. The Balaban J connectivity index is 2.14. The van der Waals surface area contributed by atoms with Crippen molar-refractivity contribution in [1.82, 2.24) is 9.80 Å². The third-order valence-corrected chi connectivity index (χ3v) is 5.43. The number of rotatable bonds is 6. The van der Waals surface area contributed by atoms with E-state index in [1.54, 1.807) is 49.6 Å². The smallest absolute Gasteiger partial charge is 0.295 e. The summed E-state index contributed by atoms with van der Waals surface area (Å²) in [5.74, 6) is -0.845. The second-order valence-electron chi connectivity index (χ2n) is 7.53. The topological polar surface area (TPSA) is 70.1 Å². The molecule has 1 aliphatic heterocycles. The molecule has 1 saturated heterocycles. The van der Waals surface area contributed by atoms with Crippen LogP contribution in [0.15, 0.2) is 48.0 Å². The fourth-order valence-corrected chi connectivity index (χ4v) is 3.72. The van der Waals surface area contributed by atoms with Gasteiger partial charge in [-0.2, -0.15) is 0 Å². The molecule has 1 fully saturated rings. The van der Waals surface area contributed by atoms with Crippen molar-refractivity contribution < 1.29 is 19.4 Å². The molecular formula is C23H25ClN2O4. The number of hydrogen-bond acceptors (Lipinski definition) is 5. The Morgan fingerprint density at radius 3 is 2.40 bits per heavy atom. The summed E-state index contributed by atoms with van der Waals surface area (Å²) in [5.41, 5.74) is 2.05. The van der Waals surface area contributed by atoms with Crippen LogP contribution in [-0.4, -0.2) is 60.9 Å². The van der Waals surface area contributed by atoms with Crippen LogP contribution in [0.2, 0.25) is 5.02 Å². The average Bonchev–Trinajstić information content (AvgIpc) is 2.96. The fraction of sp³-hybridized carbons (Fsp3) is 0.304. The second kappa shape index (κ2) is 8.90. The maximum absolute atomic E-state index is 13.0. The summed E-state index contributed by atoms with van der Waals surface area (Å²) < 4.78 is 5.27. The third kappa shape index (κ3) is 4.20. The van der Waals surface area contributed by atoms with Gasteiger partial charge in [0, 0.05) is 23.7 Å². The number of halogens is 1. The summed E-state index contributed by atoms with van der Waals surface area (Å²) in [4.78, 5) is 29.3. The molecule has 0 spiro atoms. The van der Waals surface area contributed by atoms with Crippen LogP contribution in [0.5, 0.6) is 5.75 Å². The zero-order valence-corrected chi connectivity index (χ0v) is 18.2. The van der Waals surface area contributed by atoms with E-state index in [9.17, 15) is 14.7 Å². The molecule has 1 amide bonds. The molecule has 2 aromatic rings. The average molecular weight is 429 g/mol. The number of aliphatic hydroxyl groups excluding tert-OH is 1. The van der Waals surface area contributed by atoms with Crippen molar-refractivity contribution in [2.24, 2.45) is 0 Å². The van der Waals surface area contributed by atoms with Crippen LogP contribution in [0.3, 0.4) is 0 Å². The molecule has 0 saturated carbocycles. The largest absolute Gasteiger partial charge is 0.507 e. The van der Waals surface area contributed by atoms with E-state index < -0.39 is 17.7 Å². The molecule has 1 aliphatic rings. The second-order valence-corrected chi connectivity index (χ2v) is 7.97. The van der Waals surface area contributed by atoms with Gasteiger partial charge in [-0.1, -0.05) is 23.7 Å². The van der Waals surface area contributed by atoms with Crippen LogP contribution in [0.1, 0.15) is 22.7 Å². The number of likely N-dealkylation sites (N-methyl/N-ethyl adjacent to an activating group) is 1. The van der Waals surface area contributed by atoms with E-state index in [1.807, 2.05) is 25.9 Å². The number of hydrogen-bond donors (Lipinski definition) is 1. The molecular weight excluding hydrogens is 404 g/mol. The number of nitrogens with zero attached hydrogens (tertiary/aromatic N) is 2. The van der Waals surface area contributed by atoms with Crippen molar-refractivity contribution in [3.63, 3.8) is 0 Å². The Morgan fingerprint density at radius 2 is 1.83 bits per heavy atom. The lowest BCUT2D eigenvalue weighted by atomic mass is 9.95. The monoisotopic (exact) mass is 428 g/mol. The number of carbonyl (C=O) groups excluding carboxylic acids is 2. The first kappa shape index (κ1) is 21.9. The quantitative estimate of drug-likeness (QED) is 0.432. The highest BCUT2D eigenvalue weighted by Crippen LogP contribution is 2.40. The first-order chi connectivity index (χ1) is 14.2. The minimum Gasteiger partial charge on any atom is -0.507 e. The summed E-state index contributed by atoms with van der Waals surface area (Å²) in [6.07, 6.45) is 0. The zero-order valence-electron chi connectivity index (χ0n) is 17.5. The van der Waals surface area contributed by atoms with Crippen molar-refractivity contribution in [2.45, 2.75) is 13.0 Å². The minimum absolute atomic E-state index is 0.0747. The molecule has 0 aliphatic carbocycles. The molecule has 1 heterocycles. The lowest BCUT2D eigenvalue weighted by molar-refractivity contribution is -0.140. The highest BCUT2D eigenvalue weighted by Gasteiger charge is 2.45. The predicted octanol–water partition coefficient (Wildman–Crippen LogP) is 3.64. The number of benzene rings is 2. The molecule has 0 unspecified atom stereocenters. The standard InChI is InChI=1S/C23H25ClN2O4/c1-14-13-16(7-10-18(14)30-4)21(27)19-20(15-5-8-17(24)9-6-15)26(12-11-25(2)3)23(29)22(19)28/h5-10,13,20,27H,11-12H2,1-4H3/t20-/m1/s1. The first-order valence-corrected chi connectivity index (χ1v) is 9.96. The molecule has 2 aromatic carbocycles. The zero-order chi connectivity index (χ0) is 22.0. The van der Waals surface area contributed by atoms with Gasteiger partial charge in [-0.05, 0) is 62.5 Å². The molecule has 0 aromatic heterocycles. The van der Waals surface area contributed by atoms with Crippen molar-refractivity contribution >= 4 is 29.1 Å². The van der Waals surface area contributed by atoms with E-state index >= 15 is 0 Å². The summed E-state index contributed by atoms with van der Waals surface area (Å²) in [6.45, 7) is 2.78. The number of methoxy groups -OCH3 is 1. The van der Waals surface area contributed by atoms with Gasteiger partial charge in [0.15, 0.2) is 0 Å². The number of ketones is 1. The van der Waals surface area contributed by atoms with Crippen LogP contribution < -0.4 is 4.74 Å². The highest BCUT2D eigenvalue weighted by atomic mass is 35.5. The lowest BCUT2D eigenvalue weighted by Gasteiger charge is -2.26. The van der Waals surface area contributed by atoms with Gasteiger partial charge in [0.05, 0.1) is 18.7 Å². The number of Topliss-reactive ketones (excluding diaryl/α,β-unsaturated/α-hetero) is 1. The summed E-state index contributed by atoms with van der Waals surface area (Å²) in [7, 11) is 5.36. The Labute approximate surface area is 181 Å². The Kier molecular flexibility index (Phi) is 6.48. The molecule has 0 radical (unpaired) electrons. The molecule has 0 bridgehead atoms. The fourth-order valence-electron chi connectivity index (χ4n) is 3.59. The highest BCUT2D eigenvalue weighted by molar-refractivity contribution is 6.46. The number of likely N-dealkylation sites (tertiary alicyclic amines) is 1. The minimum atomic E-state index is -0.695. The summed E-state index contributed by atoms with van der Waals surface area (Å²) in [5, 5.41) is 11.6. The van der Waals surface area contributed by atoms with E-state index in [-0.39, 0.29) is 11.3 Å². The lowest BCUT2D eigenvalue weighted by Crippen LogP contribution is -2.35. The van der Waals surface area contributed by atoms with E-state index in [0.717, 1.165) is 5.56 Å². The van der Waals surface area contributed by atoms with Gasteiger partial charge in [-0.3, -0.25) is 9.59 Å². The molecule has 1 atom stereocenters. The predicted molar refractivity (Wildman–Crippen MR) is 117 cm³/mol. The van der Waals surface area contributed by atoms with Gasteiger partial charge in [0.1, 0.15) is 11.5 Å². The van der Waals surface area contributed by atoms with E-state index in [1.165, 1.54) is 4.90 Å². The van der Waals surface area contributed by atoms with Crippen molar-refractivity contribution in [1.29, 1.82) is 0 Å². The molecule has 1 N–H and O–H groups in total. The van der Waals surface area contributed by atoms with E-state index in [2.05, 4.69) is 0 Å².